The largest absolute Gasteiger partial charge is 0.493 e. The summed E-state index contributed by atoms with van der Waals surface area (Å²) in [4.78, 5) is 56.1. The lowest BCUT2D eigenvalue weighted by molar-refractivity contribution is -0.191. The fourth-order valence-corrected chi connectivity index (χ4v) is 5.42. The molecule has 16 heteroatoms. The Bertz CT molecular complexity index is 1340. The van der Waals surface area contributed by atoms with Crippen molar-refractivity contribution in [2.24, 2.45) is 0 Å². The van der Waals surface area contributed by atoms with E-state index >= 15 is 0 Å². The topological polar surface area (TPSA) is 173 Å². The molecule has 2 aliphatic rings. The van der Waals surface area contributed by atoms with Gasteiger partial charge in [-0.15, -0.1) is 0 Å². The summed E-state index contributed by atoms with van der Waals surface area (Å²) < 4.78 is 42.9. The maximum absolute atomic E-state index is 13.3. The zero-order valence-electron chi connectivity index (χ0n) is 28.9. The summed E-state index contributed by atoms with van der Waals surface area (Å²) in [5, 5.41) is 5.55. The molecule has 0 radical (unpaired) electrons. The van der Waals surface area contributed by atoms with Crippen LogP contribution in [0.1, 0.15) is 11.1 Å². The third kappa shape index (κ3) is 10.7. The van der Waals surface area contributed by atoms with Crippen LogP contribution < -0.4 is 29.6 Å². The minimum Gasteiger partial charge on any atom is -0.493 e. The van der Waals surface area contributed by atoms with Crippen molar-refractivity contribution in [3.05, 3.63) is 47.5 Å². The lowest BCUT2D eigenvalue weighted by atomic mass is 10.1. The molecule has 0 bridgehead atoms. The van der Waals surface area contributed by atoms with Crippen molar-refractivity contribution in [2.45, 2.75) is 25.3 Å². The van der Waals surface area contributed by atoms with Crippen molar-refractivity contribution < 1.29 is 57.1 Å². The second kappa shape index (κ2) is 19.5. The van der Waals surface area contributed by atoms with Gasteiger partial charge in [-0.1, -0.05) is 12.1 Å². The molecule has 0 aromatic heterocycles. The van der Waals surface area contributed by atoms with Crippen LogP contribution in [0.2, 0.25) is 0 Å². The molecule has 0 saturated carbocycles. The number of rotatable bonds is 16. The predicted molar refractivity (Wildman–Crippen MR) is 177 cm³/mol. The van der Waals surface area contributed by atoms with Crippen LogP contribution in [0, 0.1) is 0 Å². The van der Waals surface area contributed by atoms with Crippen LogP contribution >= 0.6 is 0 Å². The highest BCUT2D eigenvalue weighted by molar-refractivity contribution is 6.30. The molecule has 16 nitrogen and oxygen atoms in total. The number of amides is 2. The number of morpholine rings is 2. The summed E-state index contributed by atoms with van der Waals surface area (Å²) in [7, 11) is 6.16. The quantitative estimate of drug-likeness (QED) is 0.179. The monoisotopic (exact) mass is 702 g/mol. The second-order valence-electron chi connectivity index (χ2n) is 11.3. The van der Waals surface area contributed by atoms with E-state index in [9.17, 15) is 19.2 Å². The number of nitrogens with zero attached hydrogens (tertiary/aromatic N) is 2. The van der Waals surface area contributed by atoms with Gasteiger partial charge in [0.2, 0.25) is 12.5 Å². The van der Waals surface area contributed by atoms with E-state index in [1.54, 1.807) is 48.3 Å². The smallest absolute Gasteiger partial charge is 0.419 e. The van der Waals surface area contributed by atoms with Crippen LogP contribution in [0.15, 0.2) is 36.4 Å². The number of hydrogen-bond acceptors (Lipinski definition) is 14. The van der Waals surface area contributed by atoms with E-state index in [0.717, 1.165) is 11.1 Å². The molecule has 2 aliphatic heterocycles. The molecule has 274 valence electrons. The molecule has 2 heterocycles. The Hall–Kier alpha value is -4.64. The molecule has 50 heavy (non-hydrogen) atoms. The van der Waals surface area contributed by atoms with E-state index in [-0.39, 0.29) is 39.3 Å². The molecular weight excluding hydrogens is 656 g/mol. The first kappa shape index (κ1) is 38.2. The van der Waals surface area contributed by atoms with Crippen LogP contribution in [-0.4, -0.2) is 140 Å². The number of carbonyl (C=O) groups is 4. The van der Waals surface area contributed by atoms with E-state index in [0.29, 0.717) is 62.3 Å². The maximum Gasteiger partial charge on any atom is 0.419 e. The Morgan fingerprint density at radius 1 is 0.600 bits per heavy atom. The predicted octanol–water partition coefficient (Wildman–Crippen LogP) is 0.142. The highest BCUT2D eigenvalue weighted by atomic mass is 16.6. The van der Waals surface area contributed by atoms with E-state index in [1.807, 2.05) is 12.1 Å². The number of benzene rings is 2. The molecule has 0 aliphatic carbocycles. The van der Waals surface area contributed by atoms with Crippen molar-refractivity contribution in [3.8, 4) is 23.0 Å². The van der Waals surface area contributed by atoms with Crippen molar-refractivity contribution in [2.75, 3.05) is 94.1 Å². The van der Waals surface area contributed by atoms with Crippen molar-refractivity contribution in [3.63, 3.8) is 0 Å². The Morgan fingerprint density at radius 3 is 1.30 bits per heavy atom. The zero-order valence-corrected chi connectivity index (χ0v) is 28.9. The highest BCUT2D eigenvalue weighted by Gasteiger charge is 2.37. The number of nitrogens with one attached hydrogen (secondary N) is 2. The molecule has 2 amide bonds. The van der Waals surface area contributed by atoms with Gasteiger partial charge in [0.25, 0.3) is 11.8 Å². The van der Waals surface area contributed by atoms with Gasteiger partial charge in [-0.05, 0) is 48.2 Å². The van der Waals surface area contributed by atoms with Gasteiger partial charge >= 0.3 is 11.9 Å². The van der Waals surface area contributed by atoms with Gasteiger partial charge in [-0.2, -0.15) is 0 Å². The number of esters is 2. The Labute approximate surface area is 291 Å². The lowest BCUT2D eigenvalue weighted by Crippen LogP contribution is -2.55. The first-order valence-electron chi connectivity index (χ1n) is 16.3. The number of hydrogen-bond donors (Lipinski definition) is 2. The van der Waals surface area contributed by atoms with Gasteiger partial charge in [0.15, 0.2) is 23.0 Å². The summed E-state index contributed by atoms with van der Waals surface area (Å²) in [6, 6.07) is 10.8. The standard InChI is InChI=1S/C34H46N4O12/c1-43-25-7-5-23(21-27(25)45-3)9-11-35-29(39)31(37-13-17-47-18-14-37)49-33(41)34(42)50-32(38-15-19-48-20-16-38)30(40)36-12-10-24-6-8-26(44-2)28(22-24)46-4/h5-8,21-22,31-32H,9-20H2,1-4H3,(H,35,39)(H,36,40). The molecule has 2 atom stereocenters. The van der Waals surface area contributed by atoms with Crippen molar-refractivity contribution in [1.82, 2.24) is 20.4 Å². The van der Waals surface area contributed by atoms with Crippen LogP contribution in [0.5, 0.6) is 23.0 Å². The summed E-state index contributed by atoms with van der Waals surface area (Å²) >= 11 is 0. The lowest BCUT2D eigenvalue weighted by Gasteiger charge is -2.33. The Balaban J connectivity index is 1.37. The third-order valence-electron chi connectivity index (χ3n) is 8.13. The fourth-order valence-electron chi connectivity index (χ4n) is 5.42. The highest BCUT2D eigenvalue weighted by Crippen LogP contribution is 2.28. The molecule has 2 N–H and O–H groups in total. The van der Waals surface area contributed by atoms with Gasteiger partial charge < -0.3 is 48.5 Å². The Morgan fingerprint density at radius 2 is 0.960 bits per heavy atom. The minimum absolute atomic E-state index is 0.208. The summed E-state index contributed by atoms with van der Waals surface area (Å²) in [5.41, 5.74) is 1.75. The summed E-state index contributed by atoms with van der Waals surface area (Å²) in [6.45, 7) is 2.79. The summed E-state index contributed by atoms with van der Waals surface area (Å²) in [6.07, 6.45) is -1.97. The molecule has 2 saturated heterocycles. The summed E-state index contributed by atoms with van der Waals surface area (Å²) in [5.74, 6) is -1.80. The van der Waals surface area contributed by atoms with E-state index in [1.165, 1.54) is 14.2 Å². The van der Waals surface area contributed by atoms with E-state index < -0.39 is 36.2 Å². The number of carbonyl (C=O) groups excluding carboxylic acids is 4. The number of methoxy groups -OCH3 is 4. The fraction of sp³-hybridized carbons (Fsp3) is 0.529. The third-order valence-corrected chi connectivity index (χ3v) is 8.13. The molecule has 0 spiro atoms. The van der Waals surface area contributed by atoms with Gasteiger partial charge in [0.05, 0.1) is 54.9 Å². The average molecular weight is 703 g/mol. The van der Waals surface area contributed by atoms with Crippen LogP contribution in [0.4, 0.5) is 0 Å². The van der Waals surface area contributed by atoms with E-state index in [2.05, 4.69) is 10.6 Å². The van der Waals surface area contributed by atoms with Crippen LogP contribution in [0.25, 0.3) is 0 Å². The van der Waals surface area contributed by atoms with Crippen LogP contribution in [0.3, 0.4) is 0 Å². The first-order chi connectivity index (χ1) is 24.3. The maximum atomic E-state index is 13.3. The molecule has 2 aromatic rings. The average Bonchev–Trinajstić information content (AvgIpc) is 3.16. The van der Waals surface area contributed by atoms with E-state index in [4.69, 9.17) is 37.9 Å². The van der Waals surface area contributed by atoms with Crippen molar-refractivity contribution in [1.29, 1.82) is 0 Å². The SMILES string of the molecule is COc1ccc(CCNC(=O)C(OC(=O)C(=O)OC(C(=O)NCCc2ccc(OC)c(OC)c2)N2CCOCC2)N2CCOCC2)cc1OC. The van der Waals surface area contributed by atoms with Gasteiger partial charge in [-0.3, -0.25) is 19.4 Å². The molecule has 2 unspecified atom stereocenters. The zero-order chi connectivity index (χ0) is 35.9. The molecular formula is C34H46N4O12. The molecule has 2 fully saturated rings. The Kier molecular flexibility index (Phi) is 14.9. The molecule has 2 aromatic carbocycles. The van der Waals surface area contributed by atoms with Crippen molar-refractivity contribution >= 4 is 23.8 Å². The minimum atomic E-state index is -1.43. The normalized spacial score (nSPS) is 16.3. The van der Waals surface area contributed by atoms with Gasteiger partial charge in [-0.25, -0.2) is 9.59 Å². The first-order valence-corrected chi connectivity index (χ1v) is 16.3. The van der Waals surface area contributed by atoms with Gasteiger partial charge in [0, 0.05) is 39.3 Å². The second-order valence-corrected chi connectivity index (χ2v) is 11.3. The van der Waals surface area contributed by atoms with Gasteiger partial charge in [0.1, 0.15) is 0 Å². The van der Waals surface area contributed by atoms with Crippen LogP contribution in [-0.2, 0) is 51.0 Å². The molecule has 4 rings (SSSR count). The number of ether oxygens (including phenoxy) is 8.